The minimum atomic E-state index is -0.265. The number of carbonyl (C=O) groups is 1. The van der Waals surface area contributed by atoms with Crippen LogP contribution in [-0.2, 0) is 22.7 Å². The number of ether oxygens (including phenoxy) is 2. The Kier molecular flexibility index (Phi) is 6.42. The highest BCUT2D eigenvalue weighted by Gasteiger charge is 2.24. The molecule has 0 saturated carbocycles. The molecule has 0 spiro atoms. The third-order valence-electron chi connectivity index (χ3n) is 4.15. The number of hydrogen-bond donors (Lipinski definition) is 1. The minimum Gasteiger partial charge on any atom is -0.445 e. The SMILES string of the molecule is O=C(OCc1ccccc1)N1CCN[C@@H](COCc2ccccc2)C1. The molecule has 0 bridgehead atoms. The van der Waals surface area contributed by atoms with Crippen LogP contribution >= 0.6 is 0 Å². The number of rotatable bonds is 6. The van der Waals surface area contributed by atoms with E-state index in [0.29, 0.717) is 32.9 Å². The van der Waals surface area contributed by atoms with Gasteiger partial charge in [-0.2, -0.15) is 0 Å². The normalized spacial score (nSPS) is 17.3. The zero-order valence-corrected chi connectivity index (χ0v) is 14.3. The molecule has 1 saturated heterocycles. The van der Waals surface area contributed by atoms with Crippen LogP contribution in [0.1, 0.15) is 11.1 Å². The van der Waals surface area contributed by atoms with E-state index < -0.39 is 0 Å². The Morgan fingerprint density at radius 3 is 2.32 bits per heavy atom. The van der Waals surface area contributed by atoms with Crippen LogP contribution in [0.25, 0.3) is 0 Å². The smallest absolute Gasteiger partial charge is 0.410 e. The van der Waals surface area contributed by atoms with Crippen molar-refractivity contribution in [1.82, 2.24) is 10.2 Å². The summed E-state index contributed by atoms with van der Waals surface area (Å²) in [5, 5.41) is 3.39. The first-order valence-electron chi connectivity index (χ1n) is 8.62. The van der Waals surface area contributed by atoms with E-state index in [0.717, 1.165) is 17.7 Å². The van der Waals surface area contributed by atoms with Crippen molar-refractivity contribution in [3.8, 4) is 0 Å². The summed E-state index contributed by atoms with van der Waals surface area (Å²) >= 11 is 0. The van der Waals surface area contributed by atoms with Gasteiger partial charge in [-0.05, 0) is 11.1 Å². The largest absolute Gasteiger partial charge is 0.445 e. The molecule has 0 aromatic heterocycles. The standard InChI is InChI=1S/C20H24N2O3/c23-20(25-15-18-9-5-2-6-10-18)22-12-11-21-19(13-22)16-24-14-17-7-3-1-4-8-17/h1-10,19,21H,11-16H2/t19-/m1/s1. The van der Waals surface area contributed by atoms with Crippen LogP contribution < -0.4 is 5.32 Å². The number of piperazine rings is 1. The Morgan fingerprint density at radius 2 is 1.64 bits per heavy atom. The van der Waals surface area contributed by atoms with E-state index in [9.17, 15) is 4.79 Å². The van der Waals surface area contributed by atoms with Gasteiger partial charge in [0.15, 0.2) is 0 Å². The minimum absolute atomic E-state index is 0.127. The van der Waals surface area contributed by atoms with Gasteiger partial charge < -0.3 is 19.7 Å². The van der Waals surface area contributed by atoms with Gasteiger partial charge in [0.2, 0.25) is 0 Å². The third kappa shape index (κ3) is 5.59. The molecule has 2 aromatic carbocycles. The number of benzene rings is 2. The lowest BCUT2D eigenvalue weighted by atomic mass is 10.2. The third-order valence-corrected chi connectivity index (χ3v) is 4.15. The summed E-state index contributed by atoms with van der Waals surface area (Å²) in [6, 6.07) is 19.9. The average Bonchev–Trinajstić information content (AvgIpc) is 2.68. The predicted molar refractivity (Wildman–Crippen MR) is 96.1 cm³/mol. The van der Waals surface area contributed by atoms with Crippen molar-refractivity contribution in [2.45, 2.75) is 19.3 Å². The van der Waals surface area contributed by atoms with Crippen molar-refractivity contribution in [3.63, 3.8) is 0 Å². The molecule has 0 aliphatic carbocycles. The molecule has 1 amide bonds. The number of nitrogens with zero attached hydrogens (tertiary/aromatic N) is 1. The molecule has 1 fully saturated rings. The van der Waals surface area contributed by atoms with Gasteiger partial charge in [0.1, 0.15) is 6.61 Å². The molecule has 1 heterocycles. The molecule has 1 aliphatic rings. The Balaban J connectivity index is 1.40. The molecule has 0 radical (unpaired) electrons. The summed E-state index contributed by atoms with van der Waals surface area (Å²) in [6.07, 6.45) is -0.265. The van der Waals surface area contributed by atoms with E-state index >= 15 is 0 Å². The summed E-state index contributed by atoms with van der Waals surface area (Å²) < 4.78 is 11.2. The van der Waals surface area contributed by atoms with Gasteiger partial charge in [-0.1, -0.05) is 60.7 Å². The summed E-state index contributed by atoms with van der Waals surface area (Å²) in [5.74, 6) is 0. The molecule has 1 aliphatic heterocycles. The summed E-state index contributed by atoms with van der Waals surface area (Å²) in [7, 11) is 0. The van der Waals surface area contributed by atoms with Crippen molar-refractivity contribution in [3.05, 3.63) is 71.8 Å². The number of nitrogens with one attached hydrogen (secondary N) is 1. The predicted octanol–water partition coefficient (Wildman–Crippen LogP) is 2.81. The van der Waals surface area contributed by atoms with E-state index in [1.54, 1.807) is 4.90 Å². The van der Waals surface area contributed by atoms with E-state index in [1.807, 2.05) is 60.7 Å². The van der Waals surface area contributed by atoms with Crippen LogP contribution in [-0.4, -0.2) is 43.3 Å². The van der Waals surface area contributed by atoms with Crippen molar-refractivity contribution in [2.24, 2.45) is 0 Å². The highest BCUT2D eigenvalue weighted by molar-refractivity contribution is 5.67. The fraction of sp³-hybridized carbons (Fsp3) is 0.350. The molecule has 2 aromatic rings. The molecule has 3 rings (SSSR count). The molecule has 1 N–H and O–H groups in total. The Labute approximate surface area is 148 Å². The van der Waals surface area contributed by atoms with Crippen LogP contribution in [0.5, 0.6) is 0 Å². The Hall–Kier alpha value is -2.37. The maximum absolute atomic E-state index is 12.2. The van der Waals surface area contributed by atoms with Gasteiger partial charge in [0, 0.05) is 25.7 Å². The molecule has 5 heteroatoms. The maximum Gasteiger partial charge on any atom is 0.410 e. The fourth-order valence-corrected chi connectivity index (χ4v) is 2.81. The van der Waals surface area contributed by atoms with E-state index in [-0.39, 0.29) is 12.1 Å². The second-order valence-electron chi connectivity index (χ2n) is 6.14. The lowest BCUT2D eigenvalue weighted by Crippen LogP contribution is -2.54. The topological polar surface area (TPSA) is 50.8 Å². The second-order valence-corrected chi connectivity index (χ2v) is 6.14. The molecular weight excluding hydrogens is 316 g/mol. The second kappa shape index (κ2) is 9.20. The van der Waals surface area contributed by atoms with Crippen molar-refractivity contribution in [2.75, 3.05) is 26.2 Å². The lowest BCUT2D eigenvalue weighted by molar-refractivity contribution is 0.0560. The first kappa shape index (κ1) is 17.5. The Bertz CT molecular complexity index is 649. The van der Waals surface area contributed by atoms with Crippen molar-refractivity contribution >= 4 is 6.09 Å². The number of carbonyl (C=O) groups excluding carboxylic acids is 1. The van der Waals surface area contributed by atoms with Gasteiger partial charge in [0.05, 0.1) is 13.2 Å². The van der Waals surface area contributed by atoms with Crippen LogP contribution in [0.4, 0.5) is 4.79 Å². The van der Waals surface area contributed by atoms with Gasteiger partial charge in [-0.15, -0.1) is 0 Å². The average molecular weight is 340 g/mol. The van der Waals surface area contributed by atoms with Gasteiger partial charge >= 0.3 is 6.09 Å². The quantitative estimate of drug-likeness (QED) is 0.878. The van der Waals surface area contributed by atoms with Crippen molar-refractivity contribution in [1.29, 1.82) is 0 Å². The molecular formula is C20H24N2O3. The van der Waals surface area contributed by atoms with Crippen molar-refractivity contribution < 1.29 is 14.3 Å². The molecule has 25 heavy (non-hydrogen) atoms. The first-order valence-corrected chi connectivity index (χ1v) is 8.62. The van der Waals surface area contributed by atoms with E-state index in [2.05, 4.69) is 5.32 Å². The lowest BCUT2D eigenvalue weighted by Gasteiger charge is -2.32. The van der Waals surface area contributed by atoms with Gasteiger partial charge in [-0.3, -0.25) is 0 Å². The summed E-state index contributed by atoms with van der Waals surface area (Å²) in [4.78, 5) is 14.0. The molecule has 5 nitrogen and oxygen atoms in total. The molecule has 132 valence electrons. The number of hydrogen-bond acceptors (Lipinski definition) is 4. The highest BCUT2D eigenvalue weighted by Crippen LogP contribution is 2.07. The van der Waals surface area contributed by atoms with E-state index in [1.165, 1.54) is 0 Å². The first-order chi connectivity index (χ1) is 12.3. The van der Waals surface area contributed by atoms with Crippen LogP contribution in [0.15, 0.2) is 60.7 Å². The molecule has 1 atom stereocenters. The number of amides is 1. The summed E-state index contributed by atoms with van der Waals surface area (Å²) in [5.41, 5.74) is 2.14. The van der Waals surface area contributed by atoms with Crippen LogP contribution in [0.2, 0.25) is 0 Å². The monoisotopic (exact) mass is 340 g/mol. The zero-order chi connectivity index (χ0) is 17.3. The van der Waals surface area contributed by atoms with Gasteiger partial charge in [0.25, 0.3) is 0 Å². The molecule has 0 unspecified atom stereocenters. The van der Waals surface area contributed by atoms with Crippen LogP contribution in [0.3, 0.4) is 0 Å². The Morgan fingerprint density at radius 1 is 1.00 bits per heavy atom. The highest BCUT2D eigenvalue weighted by atomic mass is 16.6. The fourth-order valence-electron chi connectivity index (χ4n) is 2.81. The van der Waals surface area contributed by atoms with Gasteiger partial charge in [-0.25, -0.2) is 4.79 Å². The zero-order valence-electron chi connectivity index (χ0n) is 14.3. The summed E-state index contributed by atoms with van der Waals surface area (Å²) in [6.45, 7) is 3.46. The van der Waals surface area contributed by atoms with E-state index in [4.69, 9.17) is 9.47 Å². The van der Waals surface area contributed by atoms with Crippen LogP contribution in [0, 0.1) is 0 Å². The maximum atomic E-state index is 12.2.